The van der Waals surface area contributed by atoms with Crippen molar-refractivity contribution in [3.05, 3.63) is 71.8 Å². The van der Waals surface area contributed by atoms with Crippen molar-refractivity contribution in [1.82, 2.24) is 4.98 Å². The largest absolute Gasteiger partial charge is 0.455 e. The molecule has 4 heteroatoms. The molecule has 1 aliphatic rings. The molecule has 0 N–H and O–H groups in total. The van der Waals surface area contributed by atoms with Crippen LogP contribution < -0.4 is 9.30 Å². The smallest absolute Gasteiger partial charge is 0.287 e. The van der Waals surface area contributed by atoms with Crippen molar-refractivity contribution < 1.29 is 13.7 Å². The van der Waals surface area contributed by atoms with Gasteiger partial charge in [0.25, 0.3) is 6.33 Å². The number of hydrogen-bond acceptors (Lipinski definition) is 2. The molecule has 0 fully saturated rings. The number of ether oxygens (including phenoxy) is 1. The molecule has 1 aromatic heterocycles. The molecule has 0 spiro atoms. The van der Waals surface area contributed by atoms with Gasteiger partial charge in [0.15, 0.2) is 17.0 Å². The van der Waals surface area contributed by atoms with E-state index in [1.165, 1.54) is 28.0 Å². The average Bonchev–Trinajstić information content (AvgIpc) is 2.77. The minimum atomic E-state index is -0.262. The molecule has 0 amide bonds. The molecule has 0 saturated heterocycles. The average molecular weight is 438 g/mol. The number of benzene rings is 4. The minimum absolute atomic E-state index is 0.0765. The molecule has 6 rings (SSSR count). The molecule has 5 aromatic rings. The summed E-state index contributed by atoms with van der Waals surface area (Å²) in [5, 5.41) is 5.15. The van der Waals surface area contributed by atoms with Crippen LogP contribution in [0.1, 0.15) is 31.9 Å². The van der Waals surface area contributed by atoms with Gasteiger partial charge in [-0.15, -0.1) is 0 Å². The Hall–Kier alpha value is -3.53. The fraction of sp³-hybridized carbons (Fsp3) is 0.241. The molecule has 0 saturated carbocycles. The van der Waals surface area contributed by atoms with Crippen LogP contribution in [0.5, 0.6) is 11.5 Å². The lowest BCUT2D eigenvalue weighted by atomic mass is 9.82. The third-order valence-corrected chi connectivity index (χ3v) is 6.67. The first-order valence-electron chi connectivity index (χ1n) is 11.4. The van der Waals surface area contributed by atoms with Crippen LogP contribution >= 0.6 is 0 Å². The Balaban J connectivity index is 1.83. The molecular formula is C29H26FN2O+. The van der Waals surface area contributed by atoms with E-state index in [1.807, 2.05) is 25.5 Å². The van der Waals surface area contributed by atoms with E-state index >= 15 is 0 Å². The number of aromatic nitrogens is 2. The second-order valence-electron chi connectivity index (χ2n) is 10.4. The number of fused-ring (bicyclic) bond motifs is 5. The van der Waals surface area contributed by atoms with Crippen molar-refractivity contribution in [3.63, 3.8) is 0 Å². The first-order valence-corrected chi connectivity index (χ1v) is 11.4. The lowest BCUT2D eigenvalue weighted by Crippen LogP contribution is -2.33. The fourth-order valence-corrected chi connectivity index (χ4v) is 5.31. The van der Waals surface area contributed by atoms with Crippen LogP contribution in [-0.4, -0.2) is 4.98 Å². The Kier molecular flexibility index (Phi) is 4.10. The second-order valence-corrected chi connectivity index (χ2v) is 10.4. The quantitative estimate of drug-likeness (QED) is 0.201. The fourth-order valence-electron chi connectivity index (χ4n) is 5.31. The molecule has 0 unspecified atom stereocenters. The first-order chi connectivity index (χ1) is 15.7. The zero-order valence-corrected chi connectivity index (χ0v) is 19.6. The van der Waals surface area contributed by atoms with Crippen molar-refractivity contribution in [1.29, 1.82) is 0 Å². The van der Waals surface area contributed by atoms with Crippen molar-refractivity contribution in [2.24, 2.45) is 12.5 Å². The monoisotopic (exact) mass is 437 g/mol. The topological polar surface area (TPSA) is 26.0 Å². The molecule has 3 nitrogen and oxygen atoms in total. The Labute approximate surface area is 192 Å². The van der Waals surface area contributed by atoms with Crippen LogP contribution in [0.15, 0.2) is 54.9 Å². The molecule has 164 valence electrons. The lowest BCUT2D eigenvalue weighted by Gasteiger charge is -2.28. The molecular weight excluding hydrogens is 411 g/mol. The maximum Gasteiger partial charge on any atom is 0.287 e. The van der Waals surface area contributed by atoms with Gasteiger partial charge in [-0.2, -0.15) is 0 Å². The van der Waals surface area contributed by atoms with Gasteiger partial charge >= 0.3 is 0 Å². The summed E-state index contributed by atoms with van der Waals surface area (Å²) in [6.45, 7) is 8.95. The van der Waals surface area contributed by atoms with Crippen molar-refractivity contribution in [3.8, 4) is 22.8 Å². The Morgan fingerprint density at radius 1 is 0.970 bits per heavy atom. The van der Waals surface area contributed by atoms with Gasteiger partial charge in [0.05, 0.1) is 12.6 Å². The van der Waals surface area contributed by atoms with Crippen LogP contribution in [0, 0.1) is 18.2 Å². The number of aryl methyl sites for hydroxylation is 2. The summed E-state index contributed by atoms with van der Waals surface area (Å²) in [5.74, 6) is 1.41. The van der Waals surface area contributed by atoms with E-state index in [0.717, 1.165) is 50.9 Å². The standard InChI is InChI=1S/C29H26FN2O/c1-16-19-8-6-7-9-21(19)22(14-29(2,3)4)28-24(16)26-25-23(31-15-32(26)5)13-17-12-18(30)10-11-20(17)27(25)33-28/h6-13,15H,14H2,1-5H3/q+1. The summed E-state index contributed by atoms with van der Waals surface area (Å²) in [5.41, 5.74) is 5.52. The van der Waals surface area contributed by atoms with E-state index < -0.39 is 0 Å². The van der Waals surface area contributed by atoms with Gasteiger partial charge in [0.2, 0.25) is 0 Å². The normalized spacial score (nSPS) is 12.9. The highest BCUT2D eigenvalue weighted by Crippen LogP contribution is 2.53. The van der Waals surface area contributed by atoms with E-state index in [-0.39, 0.29) is 11.2 Å². The van der Waals surface area contributed by atoms with E-state index in [0.29, 0.717) is 0 Å². The Bertz CT molecular complexity index is 1630. The molecule has 0 radical (unpaired) electrons. The number of nitrogens with zero attached hydrogens (tertiary/aromatic N) is 2. The highest BCUT2D eigenvalue weighted by Gasteiger charge is 2.34. The molecule has 4 aromatic carbocycles. The summed E-state index contributed by atoms with van der Waals surface area (Å²) < 4.78 is 23.0. The van der Waals surface area contributed by atoms with Crippen molar-refractivity contribution in [2.75, 3.05) is 0 Å². The molecule has 0 bridgehead atoms. The zero-order valence-electron chi connectivity index (χ0n) is 19.6. The predicted molar refractivity (Wildman–Crippen MR) is 131 cm³/mol. The highest BCUT2D eigenvalue weighted by molar-refractivity contribution is 6.12. The minimum Gasteiger partial charge on any atom is -0.455 e. The second kappa shape index (κ2) is 6.74. The van der Waals surface area contributed by atoms with Gasteiger partial charge < -0.3 is 4.74 Å². The first kappa shape index (κ1) is 20.1. The third-order valence-electron chi connectivity index (χ3n) is 6.67. The van der Waals surface area contributed by atoms with Crippen LogP contribution in [0.2, 0.25) is 0 Å². The molecule has 0 aliphatic carbocycles. The van der Waals surface area contributed by atoms with Crippen LogP contribution in [0.4, 0.5) is 4.39 Å². The van der Waals surface area contributed by atoms with Crippen molar-refractivity contribution >= 4 is 32.4 Å². The van der Waals surface area contributed by atoms with Gasteiger partial charge in [-0.25, -0.2) is 8.96 Å². The predicted octanol–water partition coefficient (Wildman–Crippen LogP) is 7.17. The maximum atomic E-state index is 14.1. The molecule has 1 aliphatic heterocycles. The number of halogens is 1. The van der Waals surface area contributed by atoms with Gasteiger partial charge in [-0.3, -0.25) is 0 Å². The van der Waals surface area contributed by atoms with E-state index in [2.05, 4.69) is 61.5 Å². The summed E-state index contributed by atoms with van der Waals surface area (Å²) >= 11 is 0. The van der Waals surface area contributed by atoms with E-state index in [1.54, 1.807) is 6.07 Å². The van der Waals surface area contributed by atoms with Crippen LogP contribution in [0.25, 0.3) is 43.7 Å². The van der Waals surface area contributed by atoms with Gasteiger partial charge in [-0.1, -0.05) is 45.0 Å². The summed E-state index contributed by atoms with van der Waals surface area (Å²) in [7, 11) is 2.04. The van der Waals surface area contributed by atoms with E-state index in [9.17, 15) is 4.39 Å². The zero-order chi connectivity index (χ0) is 23.1. The van der Waals surface area contributed by atoms with Crippen LogP contribution in [-0.2, 0) is 13.5 Å². The van der Waals surface area contributed by atoms with Crippen LogP contribution in [0.3, 0.4) is 0 Å². The molecule has 2 heterocycles. The SMILES string of the molecule is Cc1c2c(c(CC(C)(C)C)c3ccccc13)Oc1c3ccc(F)cc3cc3nc[n+](C)c-2c13. The maximum absolute atomic E-state index is 14.1. The summed E-state index contributed by atoms with van der Waals surface area (Å²) in [6, 6.07) is 15.4. The summed E-state index contributed by atoms with van der Waals surface area (Å²) in [6.07, 6.45) is 2.72. The lowest BCUT2D eigenvalue weighted by molar-refractivity contribution is -0.662. The number of rotatable bonds is 1. The molecule has 0 atom stereocenters. The number of hydrogen-bond donors (Lipinski definition) is 0. The summed E-state index contributed by atoms with van der Waals surface area (Å²) in [4.78, 5) is 4.67. The van der Waals surface area contributed by atoms with Gasteiger partial charge in [0, 0.05) is 10.9 Å². The van der Waals surface area contributed by atoms with Gasteiger partial charge in [0.1, 0.15) is 17.0 Å². The van der Waals surface area contributed by atoms with Crippen molar-refractivity contribution in [2.45, 2.75) is 34.1 Å². The third kappa shape index (κ3) is 2.93. The Morgan fingerprint density at radius 2 is 1.73 bits per heavy atom. The Morgan fingerprint density at radius 3 is 2.48 bits per heavy atom. The molecule has 33 heavy (non-hydrogen) atoms. The highest BCUT2D eigenvalue weighted by atomic mass is 19.1. The van der Waals surface area contributed by atoms with E-state index in [4.69, 9.17) is 4.74 Å². The van der Waals surface area contributed by atoms with Gasteiger partial charge in [-0.05, 0) is 69.7 Å².